The van der Waals surface area contributed by atoms with Gasteiger partial charge in [-0.1, -0.05) is 47.5 Å². The Labute approximate surface area is 176 Å². The number of guanidine groups is 1. The zero-order chi connectivity index (χ0) is 20.7. The maximum Gasteiger partial charge on any atom is 0.242 e. The Bertz CT molecular complexity index is 947. The number of halogens is 2. The van der Waals surface area contributed by atoms with Crippen LogP contribution in [0.25, 0.3) is 0 Å². The van der Waals surface area contributed by atoms with Crippen molar-refractivity contribution in [2.24, 2.45) is 4.99 Å². The van der Waals surface area contributed by atoms with Crippen molar-refractivity contribution in [3.05, 3.63) is 63.6 Å². The third kappa shape index (κ3) is 5.85. The lowest BCUT2D eigenvalue weighted by atomic mass is 10.2. The molecule has 0 spiro atoms. The molecule has 0 aliphatic heterocycles. The number of sulfonamides is 1. The summed E-state index contributed by atoms with van der Waals surface area (Å²) in [6, 6.07) is 12.2. The molecule has 0 aliphatic rings. The van der Waals surface area contributed by atoms with Gasteiger partial charge in [-0.05, 0) is 36.2 Å². The van der Waals surface area contributed by atoms with Crippen LogP contribution in [0, 0.1) is 0 Å². The molecule has 2 aromatic carbocycles. The molecule has 0 saturated carbocycles. The third-order valence-corrected chi connectivity index (χ3v) is 6.45. The van der Waals surface area contributed by atoms with Gasteiger partial charge < -0.3 is 10.6 Å². The first-order valence-electron chi connectivity index (χ1n) is 8.72. The van der Waals surface area contributed by atoms with E-state index < -0.39 is 10.0 Å². The number of nitrogens with one attached hydrogen (secondary N) is 2. The number of hydrogen-bond acceptors (Lipinski definition) is 3. The summed E-state index contributed by atoms with van der Waals surface area (Å²) in [5, 5.41) is 7.49. The first-order valence-corrected chi connectivity index (χ1v) is 10.9. The topological polar surface area (TPSA) is 73.8 Å². The summed E-state index contributed by atoms with van der Waals surface area (Å²) in [6.07, 6.45) is 0. The Morgan fingerprint density at radius 3 is 2.43 bits per heavy atom. The first kappa shape index (κ1) is 22.5. The molecule has 28 heavy (non-hydrogen) atoms. The highest BCUT2D eigenvalue weighted by Gasteiger charge is 2.20. The minimum atomic E-state index is -3.54. The zero-order valence-corrected chi connectivity index (χ0v) is 18.4. The average Bonchev–Trinajstić information content (AvgIpc) is 2.65. The van der Waals surface area contributed by atoms with E-state index in [0.717, 1.165) is 5.56 Å². The van der Waals surface area contributed by atoms with E-state index in [-0.39, 0.29) is 11.4 Å². The van der Waals surface area contributed by atoms with E-state index in [9.17, 15) is 8.42 Å². The second-order valence-corrected chi connectivity index (χ2v) is 9.14. The molecule has 2 aromatic rings. The summed E-state index contributed by atoms with van der Waals surface area (Å²) in [5.74, 6) is 0.561. The minimum Gasteiger partial charge on any atom is -0.357 e. The molecule has 0 saturated heterocycles. The van der Waals surface area contributed by atoms with Gasteiger partial charge >= 0.3 is 0 Å². The molecule has 0 aliphatic carbocycles. The molecule has 152 valence electrons. The normalized spacial score (nSPS) is 12.3. The van der Waals surface area contributed by atoms with Crippen LogP contribution in [-0.4, -0.2) is 39.3 Å². The average molecular weight is 443 g/mol. The van der Waals surface area contributed by atoms with Crippen LogP contribution in [0.2, 0.25) is 10.0 Å². The fourth-order valence-corrected chi connectivity index (χ4v) is 4.02. The van der Waals surface area contributed by atoms with Gasteiger partial charge in [0, 0.05) is 37.2 Å². The molecule has 0 unspecified atom stereocenters. The molecular weight excluding hydrogens is 419 g/mol. The lowest BCUT2D eigenvalue weighted by Crippen LogP contribution is -2.36. The lowest BCUT2D eigenvalue weighted by Gasteiger charge is -2.15. The Hall–Kier alpha value is -1.80. The van der Waals surface area contributed by atoms with Crippen LogP contribution >= 0.6 is 23.2 Å². The van der Waals surface area contributed by atoms with Crippen LogP contribution in [0.1, 0.15) is 18.1 Å². The number of nitrogens with zero attached hydrogens (tertiary/aromatic N) is 2. The van der Waals surface area contributed by atoms with Crippen LogP contribution < -0.4 is 10.6 Å². The molecule has 6 nitrogen and oxygen atoms in total. The third-order valence-electron chi connectivity index (χ3n) is 3.94. The second kappa shape index (κ2) is 10.1. The van der Waals surface area contributed by atoms with Gasteiger partial charge in [-0.2, -0.15) is 0 Å². The van der Waals surface area contributed by atoms with E-state index in [1.54, 1.807) is 36.4 Å². The monoisotopic (exact) mass is 442 g/mol. The number of aliphatic imine (C=N–C) groups is 1. The molecular formula is C19H24Cl2N4O2S. The highest BCUT2D eigenvalue weighted by molar-refractivity contribution is 7.89. The molecule has 2 rings (SSSR count). The minimum absolute atomic E-state index is 0.215. The smallest absolute Gasteiger partial charge is 0.242 e. The van der Waals surface area contributed by atoms with Gasteiger partial charge in [0.1, 0.15) is 0 Å². The summed E-state index contributed by atoms with van der Waals surface area (Å²) in [6.45, 7) is 3.29. The van der Waals surface area contributed by atoms with E-state index in [2.05, 4.69) is 15.6 Å². The summed E-state index contributed by atoms with van der Waals surface area (Å²) in [7, 11) is -0.518. The van der Waals surface area contributed by atoms with Crippen molar-refractivity contribution in [2.45, 2.75) is 24.9 Å². The summed E-state index contributed by atoms with van der Waals surface area (Å²) in [5.41, 5.74) is 1.50. The highest BCUT2D eigenvalue weighted by Crippen LogP contribution is 2.21. The molecule has 0 bridgehead atoms. The summed E-state index contributed by atoms with van der Waals surface area (Å²) >= 11 is 12.1. The van der Waals surface area contributed by atoms with Crippen molar-refractivity contribution in [1.29, 1.82) is 0 Å². The van der Waals surface area contributed by atoms with E-state index in [0.29, 0.717) is 34.7 Å². The van der Waals surface area contributed by atoms with E-state index in [1.807, 2.05) is 13.0 Å². The van der Waals surface area contributed by atoms with Crippen molar-refractivity contribution in [2.75, 3.05) is 20.6 Å². The number of benzene rings is 2. The zero-order valence-electron chi connectivity index (χ0n) is 16.0. The van der Waals surface area contributed by atoms with Crippen LogP contribution in [0.3, 0.4) is 0 Å². The first-order chi connectivity index (χ1) is 13.3. The Morgan fingerprint density at radius 1 is 1.07 bits per heavy atom. The molecule has 0 atom stereocenters. The van der Waals surface area contributed by atoms with Gasteiger partial charge in [0.25, 0.3) is 0 Å². The maximum absolute atomic E-state index is 12.5. The van der Waals surface area contributed by atoms with Crippen LogP contribution in [-0.2, 0) is 23.1 Å². The highest BCUT2D eigenvalue weighted by atomic mass is 35.5. The second-order valence-electron chi connectivity index (χ2n) is 6.18. The fraction of sp³-hybridized carbons (Fsp3) is 0.316. The molecule has 0 amide bonds. The standard InChI is InChI=1S/C19H24Cl2N4O2S/c1-4-22-19(23-12-14-9-10-16(20)11-17(14)21)24-13-15-7-5-6-8-18(15)28(26,27)25(2)3/h5-11H,4,12-13H2,1-3H3,(H2,22,23,24). The summed E-state index contributed by atoms with van der Waals surface area (Å²) in [4.78, 5) is 4.77. The van der Waals surface area contributed by atoms with E-state index in [1.165, 1.54) is 18.4 Å². The van der Waals surface area contributed by atoms with Crippen molar-refractivity contribution >= 4 is 39.2 Å². The predicted octanol–water partition coefficient (Wildman–Crippen LogP) is 3.50. The van der Waals surface area contributed by atoms with E-state index >= 15 is 0 Å². The van der Waals surface area contributed by atoms with Gasteiger partial charge in [0.05, 0.1) is 11.4 Å². The number of hydrogen-bond donors (Lipinski definition) is 2. The van der Waals surface area contributed by atoms with Gasteiger partial charge in [0.2, 0.25) is 10.0 Å². The van der Waals surface area contributed by atoms with E-state index in [4.69, 9.17) is 23.2 Å². The molecule has 0 radical (unpaired) electrons. The SMILES string of the molecule is CCNC(=NCc1ccccc1S(=O)(=O)N(C)C)NCc1ccc(Cl)cc1Cl. The Kier molecular flexibility index (Phi) is 8.12. The molecule has 0 aromatic heterocycles. The maximum atomic E-state index is 12.5. The molecule has 0 fully saturated rings. The quantitative estimate of drug-likeness (QED) is 0.508. The lowest BCUT2D eigenvalue weighted by molar-refractivity contribution is 0.519. The van der Waals surface area contributed by atoms with Gasteiger partial charge in [0.15, 0.2) is 5.96 Å². The van der Waals surface area contributed by atoms with Crippen molar-refractivity contribution < 1.29 is 8.42 Å². The Morgan fingerprint density at radius 2 is 1.79 bits per heavy atom. The predicted molar refractivity (Wildman–Crippen MR) is 115 cm³/mol. The van der Waals surface area contributed by atoms with Gasteiger partial charge in [-0.15, -0.1) is 0 Å². The molecule has 0 heterocycles. The van der Waals surface area contributed by atoms with Crippen LogP contribution in [0.15, 0.2) is 52.4 Å². The van der Waals surface area contributed by atoms with Gasteiger partial charge in [-0.3, -0.25) is 0 Å². The van der Waals surface area contributed by atoms with Crippen LogP contribution in [0.5, 0.6) is 0 Å². The summed E-state index contributed by atoms with van der Waals surface area (Å²) < 4.78 is 26.2. The van der Waals surface area contributed by atoms with Crippen molar-refractivity contribution in [1.82, 2.24) is 14.9 Å². The number of rotatable bonds is 7. The largest absolute Gasteiger partial charge is 0.357 e. The molecule has 9 heteroatoms. The Balaban J connectivity index is 2.19. The van der Waals surface area contributed by atoms with Crippen molar-refractivity contribution in [3.63, 3.8) is 0 Å². The van der Waals surface area contributed by atoms with Crippen LogP contribution in [0.4, 0.5) is 0 Å². The van der Waals surface area contributed by atoms with Crippen molar-refractivity contribution in [3.8, 4) is 0 Å². The fourth-order valence-electron chi connectivity index (χ4n) is 2.43. The molecule has 2 N–H and O–H groups in total. The van der Waals surface area contributed by atoms with Gasteiger partial charge in [-0.25, -0.2) is 17.7 Å².